The van der Waals surface area contributed by atoms with Gasteiger partial charge in [-0.05, 0) is 54.7 Å². The number of hydrogen-bond acceptors (Lipinski definition) is 7. The Labute approximate surface area is 254 Å². The van der Waals surface area contributed by atoms with Gasteiger partial charge >= 0.3 is 12.1 Å². The molecule has 0 saturated carbocycles. The predicted molar refractivity (Wildman–Crippen MR) is 156 cm³/mol. The summed E-state index contributed by atoms with van der Waals surface area (Å²) in [6.07, 6.45) is -3.31. The van der Waals surface area contributed by atoms with Gasteiger partial charge in [0.2, 0.25) is 15.9 Å². The lowest BCUT2D eigenvalue weighted by atomic mass is 10.0. The summed E-state index contributed by atoms with van der Waals surface area (Å²) in [5.41, 5.74) is 3.86. The first-order valence-corrected chi connectivity index (χ1v) is 15.6. The molecule has 0 bridgehead atoms. The molecular formula is C28H36ClF3N4O6S. The third-order valence-electron chi connectivity index (χ3n) is 7.06. The number of anilines is 1. The number of carbonyl (C=O) groups is 2. The van der Waals surface area contributed by atoms with Gasteiger partial charge < -0.3 is 20.1 Å². The van der Waals surface area contributed by atoms with Crippen molar-refractivity contribution in [2.75, 3.05) is 44.2 Å². The van der Waals surface area contributed by atoms with Crippen molar-refractivity contribution in [2.45, 2.75) is 57.0 Å². The molecule has 2 heterocycles. The first kappa shape index (κ1) is 34.6. The number of alkyl halides is 3. The average Bonchev–Trinajstić information content (AvgIpc) is 2.96. The molecule has 2 aromatic carbocycles. The number of piperazine rings is 1. The number of sulfonamides is 1. The minimum Gasteiger partial charge on any atom is -0.475 e. The number of hydrogen-bond donors (Lipinski definition) is 3. The quantitative estimate of drug-likeness (QED) is 0.377. The highest BCUT2D eigenvalue weighted by Crippen LogP contribution is 2.29. The maximum Gasteiger partial charge on any atom is 0.490 e. The predicted octanol–water partition coefficient (Wildman–Crippen LogP) is 3.56. The molecule has 3 N–H and O–H groups in total. The highest BCUT2D eigenvalue weighted by molar-refractivity contribution is 7.89. The van der Waals surface area contributed by atoms with E-state index in [2.05, 4.69) is 21.0 Å². The Morgan fingerprint density at radius 3 is 2.40 bits per heavy atom. The van der Waals surface area contributed by atoms with Crippen molar-refractivity contribution in [3.05, 3.63) is 58.1 Å². The topological polar surface area (TPSA) is 128 Å². The largest absolute Gasteiger partial charge is 0.490 e. The lowest BCUT2D eigenvalue weighted by molar-refractivity contribution is -0.192. The number of nitrogens with zero attached hydrogens (tertiary/aromatic N) is 2. The summed E-state index contributed by atoms with van der Waals surface area (Å²) in [6, 6.07) is 11.2. The molecular weight excluding hydrogens is 613 g/mol. The van der Waals surface area contributed by atoms with Crippen LogP contribution in [0.1, 0.15) is 37.0 Å². The van der Waals surface area contributed by atoms with Crippen molar-refractivity contribution in [1.29, 1.82) is 0 Å². The van der Waals surface area contributed by atoms with E-state index in [1.54, 1.807) is 12.1 Å². The summed E-state index contributed by atoms with van der Waals surface area (Å²) < 4.78 is 66.7. The second-order valence-corrected chi connectivity index (χ2v) is 12.5. The summed E-state index contributed by atoms with van der Waals surface area (Å²) in [5, 5.41) is 10.5. The van der Waals surface area contributed by atoms with Gasteiger partial charge in [0.1, 0.15) is 4.90 Å². The fourth-order valence-corrected chi connectivity index (χ4v) is 6.03. The lowest BCUT2D eigenvalue weighted by Gasteiger charge is -2.36. The van der Waals surface area contributed by atoms with Crippen molar-refractivity contribution in [1.82, 2.24) is 14.9 Å². The van der Waals surface area contributed by atoms with Crippen molar-refractivity contribution >= 4 is 39.2 Å². The van der Waals surface area contributed by atoms with E-state index in [9.17, 15) is 26.4 Å². The van der Waals surface area contributed by atoms with Crippen LogP contribution < -0.4 is 14.9 Å². The molecule has 1 saturated heterocycles. The van der Waals surface area contributed by atoms with Gasteiger partial charge in [-0.15, -0.1) is 0 Å². The molecule has 2 aliphatic rings. The van der Waals surface area contributed by atoms with Crippen LogP contribution in [-0.4, -0.2) is 81.8 Å². The van der Waals surface area contributed by atoms with E-state index < -0.39 is 22.2 Å². The van der Waals surface area contributed by atoms with Gasteiger partial charge in [-0.3, -0.25) is 9.69 Å². The van der Waals surface area contributed by atoms with Crippen LogP contribution in [0.5, 0.6) is 0 Å². The van der Waals surface area contributed by atoms with Gasteiger partial charge in [-0.1, -0.05) is 36.7 Å². The molecule has 43 heavy (non-hydrogen) atoms. The van der Waals surface area contributed by atoms with E-state index in [0.29, 0.717) is 50.0 Å². The van der Waals surface area contributed by atoms with Gasteiger partial charge in [0.25, 0.3) is 0 Å². The minimum absolute atomic E-state index is 0.0190. The number of halogens is 4. The maximum atomic E-state index is 13.4. The highest BCUT2D eigenvalue weighted by atomic mass is 35.5. The fourth-order valence-electron chi connectivity index (χ4n) is 4.52. The number of ether oxygens (including phenoxy) is 1. The van der Waals surface area contributed by atoms with Gasteiger partial charge in [0, 0.05) is 43.8 Å². The Bertz CT molecular complexity index is 1390. The van der Waals surface area contributed by atoms with E-state index in [4.69, 9.17) is 26.2 Å². The zero-order valence-electron chi connectivity index (χ0n) is 23.9. The Morgan fingerprint density at radius 2 is 1.77 bits per heavy atom. The second kappa shape index (κ2) is 15.2. The number of aliphatic carboxylic acids is 1. The number of fused-ring (bicyclic) bond motifs is 1. The smallest absolute Gasteiger partial charge is 0.475 e. The number of carbonyl (C=O) groups excluding carboxylic acids is 1. The number of rotatable bonds is 9. The molecule has 1 atom stereocenters. The van der Waals surface area contributed by atoms with Crippen LogP contribution in [0.2, 0.25) is 5.02 Å². The lowest BCUT2D eigenvalue weighted by Crippen LogP contribution is -2.50. The Morgan fingerprint density at radius 1 is 1.09 bits per heavy atom. The zero-order chi connectivity index (χ0) is 31.8. The number of nitrogens with one attached hydrogen (secondary N) is 2. The molecule has 10 nitrogen and oxygen atoms in total. The third-order valence-corrected chi connectivity index (χ3v) is 8.73. The SMILES string of the molecule is CCC(C)NC(=O)CN1CCN(c2ccc(Cl)cc2S(=O)(=O)NCc2ccc3c(c2)COCC3)CC1.O=C(O)C(F)(F)F. The molecule has 1 unspecified atom stereocenters. The first-order chi connectivity index (χ1) is 20.2. The van der Waals surface area contributed by atoms with E-state index in [1.165, 1.54) is 11.6 Å². The summed E-state index contributed by atoms with van der Waals surface area (Å²) in [6.45, 7) is 8.40. The molecule has 0 aromatic heterocycles. The number of benzene rings is 2. The Kier molecular flexibility index (Phi) is 12.2. The molecule has 238 valence electrons. The van der Waals surface area contributed by atoms with Gasteiger partial charge in [0.05, 0.1) is 25.4 Å². The summed E-state index contributed by atoms with van der Waals surface area (Å²) in [5.74, 6) is -2.74. The van der Waals surface area contributed by atoms with Crippen LogP contribution in [0.25, 0.3) is 0 Å². The van der Waals surface area contributed by atoms with E-state index in [1.807, 2.05) is 30.9 Å². The minimum atomic E-state index is -5.08. The Hall–Kier alpha value is -2.91. The molecule has 2 aliphatic heterocycles. The number of carboxylic acids is 1. The fraction of sp³-hybridized carbons (Fsp3) is 0.500. The number of carboxylic acid groups (broad SMARTS) is 1. The highest BCUT2D eigenvalue weighted by Gasteiger charge is 2.38. The molecule has 4 rings (SSSR count). The molecule has 2 aromatic rings. The third kappa shape index (κ3) is 10.3. The zero-order valence-corrected chi connectivity index (χ0v) is 25.5. The van der Waals surface area contributed by atoms with Crippen LogP contribution in [0, 0.1) is 0 Å². The molecule has 1 amide bonds. The Balaban J connectivity index is 0.000000646. The summed E-state index contributed by atoms with van der Waals surface area (Å²) in [4.78, 5) is 25.4. The van der Waals surface area contributed by atoms with Crippen LogP contribution in [-0.2, 0) is 43.9 Å². The molecule has 0 radical (unpaired) electrons. The van der Waals surface area contributed by atoms with Crippen LogP contribution in [0.3, 0.4) is 0 Å². The van der Waals surface area contributed by atoms with E-state index in [0.717, 1.165) is 30.6 Å². The van der Waals surface area contributed by atoms with Gasteiger partial charge in [-0.2, -0.15) is 13.2 Å². The summed E-state index contributed by atoms with van der Waals surface area (Å²) >= 11 is 6.21. The molecule has 1 fully saturated rings. The van der Waals surface area contributed by atoms with Crippen molar-refractivity contribution in [3.63, 3.8) is 0 Å². The van der Waals surface area contributed by atoms with Gasteiger partial charge in [-0.25, -0.2) is 17.9 Å². The average molecular weight is 649 g/mol. The van der Waals surface area contributed by atoms with Crippen LogP contribution >= 0.6 is 11.6 Å². The normalized spacial score (nSPS) is 16.5. The molecule has 0 spiro atoms. The van der Waals surface area contributed by atoms with E-state index >= 15 is 0 Å². The molecule has 0 aliphatic carbocycles. The van der Waals surface area contributed by atoms with Gasteiger partial charge in [0.15, 0.2) is 0 Å². The monoisotopic (exact) mass is 648 g/mol. The van der Waals surface area contributed by atoms with Crippen LogP contribution in [0.15, 0.2) is 41.3 Å². The first-order valence-electron chi connectivity index (χ1n) is 13.7. The van der Waals surface area contributed by atoms with Crippen LogP contribution in [0.4, 0.5) is 18.9 Å². The standard InChI is InChI=1S/C26H35ClN4O4S.C2HF3O2/c1-3-19(2)29-26(32)17-30-9-11-31(12-10-30)24-7-6-23(27)15-25(24)36(33,34)28-16-20-4-5-21-8-13-35-18-22(21)14-20;3-2(4,5)1(6)7/h4-7,14-15,19,28H,3,8-13,16-18H2,1-2H3,(H,29,32);(H,6,7). The number of amides is 1. The van der Waals surface area contributed by atoms with Crippen molar-refractivity contribution < 1.29 is 41.0 Å². The van der Waals surface area contributed by atoms with Crippen molar-refractivity contribution in [2.24, 2.45) is 0 Å². The van der Waals surface area contributed by atoms with E-state index in [-0.39, 0.29) is 23.4 Å². The maximum absolute atomic E-state index is 13.4. The second-order valence-electron chi connectivity index (χ2n) is 10.3. The molecule has 15 heteroatoms. The van der Waals surface area contributed by atoms with Crippen molar-refractivity contribution in [3.8, 4) is 0 Å². The summed E-state index contributed by atoms with van der Waals surface area (Å²) in [7, 11) is -3.82.